The van der Waals surface area contributed by atoms with Crippen LogP contribution in [0.15, 0.2) is 18.2 Å². The van der Waals surface area contributed by atoms with Gasteiger partial charge in [-0.2, -0.15) is 0 Å². The van der Waals surface area contributed by atoms with E-state index in [0.717, 1.165) is 18.4 Å². The minimum absolute atomic E-state index is 0.0344. The largest absolute Gasteiger partial charge is 0.351 e. The van der Waals surface area contributed by atoms with Gasteiger partial charge in [0.15, 0.2) is 0 Å². The minimum atomic E-state index is -0.255. The van der Waals surface area contributed by atoms with Crippen LogP contribution < -0.4 is 5.32 Å². The van der Waals surface area contributed by atoms with E-state index in [1.807, 2.05) is 13.8 Å². The van der Waals surface area contributed by atoms with Gasteiger partial charge in [-0.25, -0.2) is 0 Å². The topological polar surface area (TPSA) is 29.1 Å². The lowest BCUT2D eigenvalue weighted by Crippen LogP contribution is -2.46. The molecule has 0 saturated carbocycles. The average molecular weight is 323 g/mol. The molecule has 19 heavy (non-hydrogen) atoms. The minimum Gasteiger partial charge on any atom is -0.351 e. The summed E-state index contributed by atoms with van der Waals surface area (Å²) in [6, 6.07) is 5.22. The Morgan fingerprint density at radius 1 is 1.32 bits per heavy atom. The molecule has 1 aromatic carbocycles. The molecule has 1 unspecified atom stereocenters. The Morgan fingerprint density at radius 3 is 2.53 bits per heavy atom. The number of rotatable bonds is 6. The van der Waals surface area contributed by atoms with Crippen molar-refractivity contribution < 1.29 is 4.79 Å². The van der Waals surface area contributed by atoms with Gasteiger partial charge in [-0.1, -0.05) is 36.2 Å². The van der Waals surface area contributed by atoms with Crippen LogP contribution in [0.3, 0.4) is 0 Å². The van der Waals surface area contributed by atoms with E-state index in [0.29, 0.717) is 15.9 Å². The first-order valence-corrected chi connectivity index (χ1v) is 7.50. The van der Waals surface area contributed by atoms with E-state index in [-0.39, 0.29) is 17.9 Å². The van der Waals surface area contributed by atoms with Crippen LogP contribution in [-0.2, 0) is 11.2 Å². The zero-order valence-corrected chi connectivity index (χ0v) is 13.4. The zero-order valence-electron chi connectivity index (χ0n) is 11.1. The van der Waals surface area contributed by atoms with Gasteiger partial charge >= 0.3 is 0 Å². The quantitative estimate of drug-likeness (QED) is 0.770. The number of benzene rings is 1. The van der Waals surface area contributed by atoms with Crippen molar-refractivity contribution in [3.8, 4) is 0 Å². The van der Waals surface area contributed by atoms with Crippen LogP contribution >= 0.6 is 34.8 Å². The van der Waals surface area contributed by atoms with Crippen molar-refractivity contribution in [2.24, 2.45) is 0 Å². The summed E-state index contributed by atoms with van der Waals surface area (Å²) in [5.74, 6) is 0.491. The third-order valence-electron chi connectivity index (χ3n) is 3.22. The smallest absolute Gasteiger partial charge is 0.224 e. The van der Waals surface area contributed by atoms with Gasteiger partial charge in [0.1, 0.15) is 0 Å². The Balaban J connectivity index is 2.66. The number of amides is 1. The molecule has 0 heterocycles. The van der Waals surface area contributed by atoms with E-state index in [9.17, 15) is 4.79 Å². The first-order valence-electron chi connectivity index (χ1n) is 6.21. The van der Waals surface area contributed by atoms with Gasteiger partial charge in [-0.05, 0) is 37.5 Å². The number of halogens is 3. The van der Waals surface area contributed by atoms with E-state index in [2.05, 4.69) is 5.32 Å². The Kier molecular flexibility index (Phi) is 6.45. The molecule has 0 radical (unpaired) electrons. The van der Waals surface area contributed by atoms with Crippen LogP contribution in [0.4, 0.5) is 0 Å². The third kappa shape index (κ3) is 5.21. The van der Waals surface area contributed by atoms with E-state index in [1.54, 1.807) is 18.2 Å². The maximum atomic E-state index is 12.0. The Morgan fingerprint density at radius 2 is 2.00 bits per heavy atom. The molecule has 0 aliphatic carbocycles. The van der Waals surface area contributed by atoms with Crippen LogP contribution in [0, 0.1) is 0 Å². The van der Waals surface area contributed by atoms with E-state index in [4.69, 9.17) is 34.8 Å². The summed E-state index contributed by atoms with van der Waals surface area (Å²) < 4.78 is 0. The van der Waals surface area contributed by atoms with E-state index in [1.165, 1.54) is 0 Å². The second-order valence-corrected chi connectivity index (χ2v) is 6.02. The lowest BCUT2D eigenvalue weighted by Gasteiger charge is -2.29. The first kappa shape index (κ1) is 16.6. The fraction of sp³-hybridized carbons (Fsp3) is 0.500. The molecule has 0 spiro atoms. The molecule has 1 amide bonds. The Labute approximate surface area is 129 Å². The van der Waals surface area contributed by atoms with Crippen molar-refractivity contribution >= 4 is 40.7 Å². The van der Waals surface area contributed by atoms with Crippen molar-refractivity contribution in [1.29, 1.82) is 0 Å². The van der Waals surface area contributed by atoms with Crippen LogP contribution in [0.5, 0.6) is 0 Å². The van der Waals surface area contributed by atoms with Crippen molar-refractivity contribution in [1.82, 2.24) is 5.32 Å². The SMILES string of the molecule is CCC(C)(CCCl)NC(=O)Cc1ccc(Cl)c(Cl)c1. The van der Waals surface area contributed by atoms with Crippen molar-refractivity contribution in [2.45, 2.75) is 38.6 Å². The molecule has 5 heteroatoms. The number of carbonyl (C=O) groups excluding carboxylic acids is 1. The van der Waals surface area contributed by atoms with Gasteiger partial charge in [-0.15, -0.1) is 11.6 Å². The molecular formula is C14H18Cl3NO. The number of carbonyl (C=O) groups is 1. The fourth-order valence-corrected chi connectivity index (χ4v) is 2.49. The summed E-state index contributed by atoms with van der Waals surface area (Å²) in [6.07, 6.45) is 1.87. The highest BCUT2D eigenvalue weighted by Crippen LogP contribution is 2.23. The van der Waals surface area contributed by atoms with Crippen LogP contribution in [0.25, 0.3) is 0 Å². The normalized spacial score (nSPS) is 13.9. The monoisotopic (exact) mass is 321 g/mol. The van der Waals surface area contributed by atoms with Gasteiger partial charge in [0.05, 0.1) is 16.5 Å². The van der Waals surface area contributed by atoms with Crippen molar-refractivity contribution in [2.75, 3.05) is 5.88 Å². The summed E-state index contributed by atoms with van der Waals surface area (Å²) >= 11 is 17.5. The fourth-order valence-electron chi connectivity index (χ4n) is 1.75. The predicted octanol–water partition coefficient (Wildman–Crippen LogP) is 4.45. The van der Waals surface area contributed by atoms with Gasteiger partial charge in [0.2, 0.25) is 5.91 Å². The van der Waals surface area contributed by atoms with Gasteiger partial charge in [-0.3, -0.25) is 4.79 Å². The number of nitrogens with one attached hydrogen (secondary N) is 1. The number of hydrogen-bond donors (Lipinski definition) is 1. The summed E-state index contributed by atoms with van der Waals surface area (Å²) in [4.78, 5) is 12.0. The molecule has 0 fully saturated rings. The standard InChI is InChI=1S/C14H18Cl3NO/c1-3-14(2,6-7-15)18-13(19)9-10-4-5-11(16)12(17)8-10/h4-5,8H,3,6-7,9H2,1-2H3,(H,18,19). The predicted molar refractivity (Wildman–Crippen MR) is 82.3 cm³/mol. The molecule has 0 aromatic heterocycles. The molecule has 1 atom stereocenters. The van der Waals surface area contributed by atoms with E-state index < -0.39 is 0 Å². The molecule has 0 saturated heterocycles. The van der Waals surface area contributed by atoms with Crippen molar-refractivity contribution in [3.05, 3.63) is 33.8 Å². The molecule has 1 rings (SSSR count). The van der Waals surface area contributed by atoms with Gasteiger partial charge in [0.25, 0.3) is 0 Å². The van der Waals surface area contributed by atoms with Gasteiger partial charge < -0.3 is 5.32 Å². The molecule has 1 N–H and O–H groups in total. The average Bonchev–Trinajstić information content (AvgIpc) is 2.34. The summed E-state index contributed by atoms with van der Waals surface area (Å²) in [7, 11) is 0. The van der Waals surface area contributed by atoms with Crippen LogP contribution in [0.1, 0.15) is 32.3 Å². The molecule has 0 bridgehead atoms. The lowest BCUT2D eigenvalue weighted by atomic mass is 9.95. The second-order valence-electron chi connectivity index (χ2n) is 4.83. The third-order valence-corrected chi connectivity index (χ3v) is 4.14. The molecule has 0 aliphatic heterocycles. The first-order chi connectivity index (χ1) is 8.90. The lowest BCUT2D eigenvalue weighted by molar-refractivity contribution is -0.122. The number of hydrogen-bond acceptors (Lipinski definition) is 1. The second kappa shape index (κ2) is 7.37. The summed E-state index contributed by atoms with van der Waals surface area (Å²) in [5, 5.41) is 3.98. The maximum absolute atomic E-state index is 12.0. The molecule has 0 aliphatic rings. The highest BCUT2D eigenvalue weighted by atomic mass is 35.5. The summed E-state index contributed by atoms with van der Waals surface area (Å²) in [6.45, 7) is 4.04. The van der Waals surface area contributed by atoms with Crippen molar-refractivity contribution in [3.63, 3.8) is 0 Å². The van der Waals surface area contributed by atoms with Crippen LogP contribution in [-0.4, -0.2) is 17.3 Å². The maximum Gasteiger partial charge on any atom is 0.224 e. The number of alkyl halides is 1. The van der Waals surface area contributed by atoms with Gasteiger partial charge in [0, 0.05) is 11.4 Å². The highest BCUT2D eigenvalue weighted by molar-refractivity contribution is 6.42. The zero-order chi connectivity index (χ0) is 14.5. The molecule has 106 valence electrons. The molecular weight excluding hydrogens is 305 g/mol. The highest BCUT2D eigenvalue weighted by Gasteiger charge is 2.23. The Hall–Kier alpha value is -0.440. The molecule has 2 nitrogen and oxygen atoms in total. The van der Waals surface area contributed by atoms with E-state index >= 15 is 0 Å². The Bertz CT molecular complexity index is 450. The summed E-state index contributed by atoms with van der Waals surface area (Å²) in [5.41, 5.74) is 0.589. The van der Waals surface area contributed by atoms with Crippen LogP contribution in [0.2, 0.25) is 10.0 Å². The molecule has 1 aromatic rings.